The maximum Gasteiger partial charge on any atom is 0.303 e. The van der Waals surface area contributed by atoms with Gasteiger partial charge in [0.05, 0.1) is 12.1 Å². The second-order valence-corrected chi connectivity index (χ2v) is 3.57. The number of carbonyl (C=O) groups is 1. The summed E-state index contributed by atoms with van der Waals surface area (Å²) in [5, 5.41) is 8.93. The number of thiazole rings is 1. The molecule has 0 atom stereocenters. The average Bonchev–Trinajstić information content (AvgIpc) is 2.26. The maximum absolute atomic E-state index is 10.2. The number of rotatable bonds is 3. The van der Waals surface area contributed by atoms with Crippen molar-refractivity contribution >= 4 is 22.4 Å². The molecule has 3 N–H and O–H groups in total. The summed E-state index contributed by atoms with van der Waals surface area (Å²) >= 11 is 1.36. The minimum absolute atomic E-state index is 0.141. The van der Waals surface area contributed by atoms with Gasteiger partial charge in [0.2, 0.25) is 0 Å². The standard InChI is InChI=1S/C7H10N2O2S/c1-4-5(2-3-6(10)11)12-7(8)9-4/h2-3H2,1H3,(H2,8,9)(H,10,11). The molecule has 0 unspecified atom stereocenters. The van der Waals surface area contributed by atoms with Gasteiger partial charge in [0.25, 0.3) is 0 Å². The number of anilines is 1. The van der Waals surface area contributed by atoms with Crippen molar-refractivity contribution in [2.24, 2.45) is 0 Å². The molecule has 0 amide bonds. The summed E-state index contributed by atoms with van der Waals surface area (Å²) in [6.45, 7) is 1.84. The number of nitrogens with two attached hydrogens (primary N) is 1. The Morgan fingerprint density at radius 1 is 1.75 bits per heavy atom. The lowest BCUT2D eigenvalue weighted by Gasteiger charge is -1.92. The van der Waals surface area contributed by atoms with Gasteiger partial charge in [-0.3, -0.25) is 4.79 Å². The first-order valence-electron chi connectivity index (χ1n) is 3.53. The SMILES string of the molecule is Cc1nc(N)sc1CCC(=O)O. The van der Waals surface area contributed by atoms with Crippen LogP contribution in [0.2, 0.25) is 0 Å². The van der Waals surface area contributed by atoms with Gasteiger partial charge in [-0.15, -0.1) is 11.3 Å². The van der Waals surface area contributed by atoms with Crippen LogP contribution in [0, 0.1) is 6.92 Å². The van der Waals surface area contributed by atoms with Gasteiger partial charge in [-0.2, -0.15) is 0 Å². The monoisotopic (exact) mass is 186 g/mol. The van der Waals surface area contributed by atoms with Gasteiger partial charge in [-0.1, -0.05) is 0 Å². The van der Waals surface area contributed by atoms with Crippen LogP contribution in [-0.4, -0.2) is 16.1 Å². The fourth-order valence-electron chi connectivity index (χ4n) is 0.903. The molecular weight excluding hydrogens is 176 g/mol. The summed E-state index contributed by atoms with van der Waals surface area (Å²) in [6.07, 6.45) is 0.665. The fraction of sp³-hybridized carbons (Fsp3) is 0.429. The lowest BCUT2D eigenvalue weighted by molar-refractivity contribution is -0.136. The molecule has 1 heterocycles. The normalized spacial score (nSPS) is 10.1. The predicted octanol–water partition coefficient (Wildman–Crippen LogP) is 1.05. The van der Waals surface area contributed by atoms with Crippen LogP contribution in [0.5, 0.6) is 0 Å². The van der Waals surface area contributed by atoms with Crippen LogP contribution in [0.1, 0.15) is 17.0 Å². The van der Waals surface area contributed by atoms with Gasteiger partial charge in [0.15, 0.2) is 5.13 Å². The van der Waals surface area contributed by atoms with E-state index in [-0.39, 0.29) is 6.42 Å². The Morgan fingerprint density at radius 3 is 2.83 bits per heavy atom. The zero-order valence-electron chi connectivity index (χ0n) is 6.70. The van der Waals surface area contributed by atoms with Crippen LogP contribution < -0.4 is 5.73 Å². The van der Waals surface area contributed by atoms with Crippen molar-refractivity contribution in [1.82, 2.24) is 4.98 Å². The third-order valence-electron chi connectivity index (χ3n) is 1.48. The number of aryl methyl sites for hydroxylation is 2. The molecule has 5 heteroatoms. The Morgan fingerprint density at radius 2 is 2.42 bits per heavy atom. The van der Waals surface area contributed by atoms with Crippen LogP contribution in [0.3, 0.4) is 0 Å². The summed E-state index contributed by atoms with van der Waals surface area (Å²) in [5.74, 6) is -0.790. The second kappa shape index (κ2) is 3.53. The average molecular weight is 186 g/mol. The Kier molecular flexibility index (Phi) is 2.65. The number of hydrogen-bond donors (Lipinski definition) is 2. The van der Waals surface area contributed by atoms with E-state index >= 15 is 0 Å². The predicted molar refractivity (Wildman–Crippen MR) is 47.2 cm³/mol. The van der Waals surface area contributed by atoms with Crippen LogP contribution in [0.15, 0.2) is 0 Å². The number of carboxylic acid groups (broad SMARTS) is 1. The molecule has 4 nitrogen and oxygen atoms in total. The Hall–Kier alpha value is -1.10. The van der Waals surface area contributed by atoms with E-state index in [1.54, 1.807) is 0 Å². The number of nitrogens with zero attached hydrogens (tertiary/aromatic N) is 1. The Balaban J connectivity index is 2.62. The van der Waals surface area contributed by atoms with Gasteiger partial charge in [0, 0.05) is 4.88 Å². The molecule has 0 aliphatic carbocycles. The van der Waals surface area contributed by atoms with Crippen LogP contribution in [-0.2, 0) is 11.2 Å². The van der Waals surface area contributed by atoms with Gasteiger partial charge < -0.3 is 10.8 Å². The highest BCUT2D eigenvalue weighted by atomic mass is 32.1. The zero-order chi connectivity index (χ0) is 9.14. The lowest BCUT2D eigenvalue weighted by atomic mass is 10.2. The van der Waals surface area contributed by atoms with Gasteiger partial charge in [-0.05, 0) is 13.3 Å². The molecule has 66 valence electrons. The molecule has 1 rings (SSSR count). The molecule has 0 aliphatic rings. The van der Waals surface area contributed by atoms with E-state index in [9.17, 15) is 4.79 Å². The number of aliphatic carboxylic acids is 1. The van der Waals surface area contributed by atoms with Crippen molar-refractivity contribution in [1.29, 1.82) is 0 Å². The van der Waals surface area contributed by atoms with E-state index in [1.165, 1.54) is 11.3 Å². The second-order valence-electron chi connectivity index (χ2n) is 2.45. The van der Waals surface area contributed by atoms with Crippen molar-refractivity contribution in [2.75, 3.05) is 5.73 Å². The molecule has 0 spiro atoms. The summed E-state index contributed by atoms with van der Waals surface area (Å²) in [5.41, 5.74) is 6.29. The van der Waals surface area contributed by atoms with Crippen LogP contribution >= 0.6 is 11.3 Å². The van der Waals surface area contributed by atoms with Gasteiger partial charge >= 0.3 is 5.97 Å². The van der Waals surface area contributed by atoms with Gasteiger partial charge in [-0.25, -0.2) is 4.98 Å². The molecule has 0 bridgehead atoms. The number of aromatic nitrogens is 1. The van der Waals surface area contributed by atoms with Crippen molar-refractivity contribution in [3.8, 4) is 0 Å². The molecule has 0 fully saturated rings. The number of nitrogen functional groups attached to an aromatic ring is 1. The molecule has 12 heavy (non-hydrogen) atoms. The molecule has 1 aromatic heterocycles. The smallest absolute Gasteiger partial charge is 0.303 e. The highest BCUT2D eigenvalue weighted by Crippen LogP contribution is 2.20. The molecule has 0 saturated heterocycles. The summed E-state index contributed by atoms with van der Waals surface area (Å²) in [6, 6.07) is 0. The minimum Gasteiger partial charge on any atom is -0.481 e. The molecule has 0 radical (unpaired) electrons. The lowest BCUT2D eigenvalue weighted by Crippen LogP contribution is -1.96. The minimum atomic E-state index is -0.790. The zero-order valence-corrected chi connectivity index (χ0v) is 7.52. The maximum atomic E-state index is 10.2. The highest BCUT2D eigenvalue weighted by Gasteiger charge is 2.06. The summed E-state index contributed by atoms with van der Waals surface area (Å²) in [4.78, 5) is 15.2. The molecular formula is C7H10N2O2S. The largest absolute Gasteiger partial charge is 0.481 e. The van der Waals surface area contributed by atoms with Crippen LogP contribution in [0.25, 0.3) is 0 Å². The quantitative estimate of drug-likeness (QED) is 0.739. The first kappa shape index (κ1) is 8.99. The number of hydrogen-bond acceptors (Lipinski definition) is 4. The molecule has 1 aromatic rings. The highest BCUT2D eigenvalue weighted by molar-refractivity contribution is 7.15. The van der Waals surface area contributed by atoms with Gasteiger partial charge in [0.1, 0.15) is 0 Å². The fourth-order valence-corrected chi connectivity index (χ4v) is 1.74. The molecule has 0 aromatic carbocycles. The van der Waals surface area contributed by atoms with E-state index < -0.39 is 5.97 Å². The summed E-state index contributed by atoms with van der Waals surface area (Å²) < 4.78 is 0. The van der Waals surface area contributed by atoms with Crippen molar-refractivity contribution in [2.45, 2.75) is 19.8 Å². The van der Waals surface area contributed by atoms with E-state index in [2.05, 4.69) is 4.98 Å². The molecule has 0 aliphatic heterocycles. The summed E-state index contributed by atoms with van der Waals surface area (Å²) in [7, 11) is 0. The molecule has 0 saturated carbocycles. The third kappa shape index (κ3) is 2.20. The third-order valence-corrected chi connectivity index (χ3v) is 2.52. The Labute approximate surface area is 74.0 Å². The van der Waals surface area contributed by atoms with Crippen molar-refractivity contribution < 1.29 is 9.90 Å². The topological polar surface area (TPSA) is 76.2 Å². The van der Waals surface area contributed by atoms with E-state index in [0.29, 0.717) is 11.6 Å². The Bertz CT molecular complexity index is 296. The van der Waals surface area contributed by atoms with Crippen LogP contribution in [0.4, 0.5) is 5.13 Å². The number of carboxylic acids is 1. The van der Waals surface area contributed by atoms with E-state index in [4.69, 9.17) is 10.8 Å². The first-order valence-corrected chi connectivity index (χ1v) is 4.35. The van der Waals surface area contributed by atoms with E-state index in [0.717, 1.165) is 10.6 Å². The van der Waals surface area contributed by atoms with Crippen molar-refractivity contribution in [3.05, 3.63) is 10.6 Å². The van der Waals surface area contributed by atoms with Crippen molar-refractivity contribution in [3.63, 3.8) is 0 Å². The first-order chi connectivity index (χ1) is 5.59. The van der Waals surface area contributed by atoms with E-state index in [1.807, 2.05) is 6.92 Å².